The molecule has 0 amide bonds. The highest BCUT2D eigenvalue weighted by atomic mass is 127. The first-order valence-corrected chi connectivity index (χ1v) is 8.97. The van der Waals surface area contributed by atoms with Crippen molar-refractivity contribution in [1.29, 1.82) is 0 Å². The maximum Gasteiger partial charge on any atom is 0.204 e. The number of aliphatic imine (C=N–C) groups is 1. The van der Waals surface area contributed by atoms with Crippen molar-refractivity contribution in [2.24, 2.45) is 12.0 Å². The van der Waals surface area contributed by atoms with Crippen molar-refractivity contribution in [3.63, 3.8) is 0 Å². The van der Waals surface area contributed by atoms with E-state index in [2.05, 4.69) is 30.1 Å². The molecule has 7 nitrogen and oxygen atoms in total. The standard InChI is InChI=1S/C17H31N7.HI/c1-18-16(19-11-15-12-20-17(22(2)3)23(15)4)21-13-7-9-24(10-8-13)14-5-6-14;/h12-14H,5-11H2,1-4H3,(H2,18,19,21);1H. The highest BCUT2D eigenvalue weighted by Gasteiger charge is 2.31. The van der Waals surface area contributed by atoms with Gasteiger partial charge in [-0.3, -0.25) is 4.99 Å². The monoisotopic (exact) mass is 461 g/mol. The smallest absolute Gasteiger partial charge is 0.204 e. The molecule has 3 rings (SSSR count). The molecule has 1 aliphatic carbocycles. The number of halogens is 1. The number of likely N-dealkylation sites (tertiary alicyclic amines) is 1. The Bertz CT molecular complexity index is 572. The van der Waals surface area contributed by atoms with Crippen LogP contribution in [-0.2, 0) is 13.6 Å². The predicted octanol–water partition coefficient (Wildman–Crippen LogP) is 1.40. The van der Waals surface area contributed by atoms with Crippen LogP contribution in [0.25, 0.3) is 0 Å². The number of nitrogens with zero attached hydrogens (tertiary/aromatic N) is 5. The van der Waals surface area contributed by atoms with E-state index < -0.39 is 0 Å². The highest BCUT2D eigenvalue weighted by Crippen LogP contribution is 2.29. The lowest BCUT2D eigenvalue weighted by atomic mass is 10.1. The number of piperidine rings is 1. The molecule has 1 aromatic rings. The minimum absolute atomic E-state index is 0. The minimum Gasteiger partial charge on any atom is -0.354 e. The summed E-state index contributed by atoms with van der Waals surface area (Å²) in [4.78, 5) is 13.5. The van der Waals surface area contributed by atoms with E-state index in [4.69, 9.17) is 0 Å². The van der Waals surface area contributed by atoms with E-state index in [9.17, 15) is 0 Å². The summed E-state index contributed by atoms with van der Waals surface area (Å²) < 4.78 is 2.11. The molecule has 0 spiro atoms. The Labute approximate surface area is 168 Å². The normalized spacial score (nSPS) is 19.4. The van der Waals surface area contributed by atoms with E-state index in [1.807, 2.05) is 39.3 Å². The van der Waals surface area contributed by atoms with Crippen molar-refractivity contribution >= 4 is 35.9 Å². The second-order valence-corrected chi connectivity index (χ2v) is 7.11. The predicted molar refractivity (Wildman–Crippen MR) is 114 cm³/mol. The molecule has 0 atom stereocenters. The Kier molecular flexibility index (Phi) is 7.36. The van der Waals surface area contributed by atoms with E-state index in [0.717, 1.165) is 30.2 Å². The Hall–Kier alpha value is -1.03. The lowest BCUT2D eigenvalue weighted by molar-refractivity contribution is 0.197. The third-order valence-corrected chi connectivity index (χ3v) is 5.05. The van der Waals surface area contributed by atoms with Crippen molar-refractivity contribution in [3.05, 3.63) is 11.9 Å². The summed E-state index contributed by atoms with van der Waals surface area (Å²) >= 11 is 0. The molecule has 8 heteroatoms. The molecule has 0 bridgehead atoms. The number of anilines is 1. The number of guanidine groups is 1. The van der Waals surface area contributed by atoms with Gasteiger partial charge >= 0.3 is 0 Å². The molecule has 142 valence electrons. The highest BCUT2D eigenvalue weighted by molar-refractivity contribution is 14.0. The molecule has 2 aliphatic rings. The summed E-state index contributed by atoms with van der Waals surface area (Å²) in [6, 6.07) is 1.41. The Morgan fingerprint density at radius 2 is 1.96 bits per heavy atom. The third-order valence-electron chi connectivity index (χ3n) is 5.05. The first-order valence-electron chi connectivity index (χ1n) is 8.97. The van der Waals surface area contributed by atoms with Gasteiger partial charge in [0.15, 0.2) is 5.96 Å². The molecule has 2 heterocycles. The van der Waals surface area contributed by atoms with Crippen molar-refractivity contribution < 1.29 is 0 Å². The topological polar surface area (TPSA) is 60.7 Å². The van der Waals surface area contributed by atoms with Crippen LogP contribution in [0, 0.1) is 0 Å². The van der Waals surface area contributed by atoms with Crippen molar-refractivity contribution in [3.8, 4) is 0 Å². The number of hydrogen-bond donors (Lipinski definition) is 2. The van der Waals surface area contributed by atoms with E-state index in [1.165, 1.54) is 38.8 Å². The summed E-state index contributed by atoms with van der Waals surface area (Å²) in [5.41, 5.74) is 1.14. The van der Waals surface area contributed by atoms with Crippen LogP contribution in [0.5, 0.6) is 0 Å². The lowest BCUT2D eigenvalue weighted by Gasteiger charge is -2.33. The SMILES string of the molecule is CN=C(NCc1cnc(N(C)C)n1C)NC1CCN(C2CC2)CC1.I. The fourth-order valence-electron chi connectivity index (χ4n) is 3.42. The number of aromatic nitrogens is 2. The van der Waals surface area contributed by atoms with E-state index >= 15 is 0 Å². The van der Waals surface area contributed by atoms with Crippen LogP contribution >= 0.6 is 24.0 Å². The first-order chi connectivity index (χ1) is 11.6. The zero-order chi connectivity index (χ0) is 17.1. The van der Waals surface area contributed by atoms with Crippen molar-refractivity contribution in [2.75, 3.05) is 39.1 Å². The summed E-state index contributed by atoms with van der Waals surface area (Å²) in [7, 11) is 7.90. The summed E-state index contributed by atoms with van der Waals surface area (Å²) in [5.74, 6) is 1.84. The largest absolute Gasteiger partial charge is 0.354 e. The maximum atomic E-state index is 4.45. The molecular formula is C17H32IN7. The van der Waals surface area contributed by atoms with E-state index in [1.54, 1.807) is 0 Å². The fourth-order valence-corrected chi connectivity index (χ4v) is 3.42. The quantitative estimate of drug-likeness (QED) is 0.395. The molecule has 25 heavy (non-hydrogen) atoms. The van der Waals surface area contributed by atoms with Gasteiger partial charge in [-0.05, 0) is 25.7 Å². The first kappa shape index (κ1) is 20.3. The van der Waals surface area contributed by atoms with Crippen LogP contribution in [0.15, 0.2) is 11.2 Å². The van der Waals surface area contributed by atoms with Crippen LogP contribution in [-0.4, -0.2) is 66.7 Å². The second kappa shape index (κ2) is 9.07. The number of hydrogen-bond acceptors (Lipinski definition) is 4. The number of rotatable bonds is 5. The fraction of sp³-hybridized carbons (Fsp3) is 0.765. The third kappa shape index (κ3) is 5.22. The Morgan fingerprint density at radius 1 is 1.28 bits per heavy atom. The summed E-state index contributed by atoms with van der Waals surface area (Å²) in [6.45, 7) is 3.15. The molecular weight excluding hydrogens is 429 g/mol. The van der Waals surface area contributed by atoms with Gasteiger partial charge in [-0.1, -0.05) is 0 Å². The van der Waals surface area contributed by atoms with Gasteiger partial charge in [0.05, 0.1) is 18.4 Å². The second-order valence-electron chi connectivity index (χ2n) is 7.11. The van der Waals surface area contributed by atoms with Gasteiger partial charge in [0.2, 0.25) is 5.95 Å². The van der Waals surface area contributed by atoms with E-state index in [0.29, 0.717) is 6.04 Å². The molecule has 0 radical (unpaired) electrons. The summed E-state index contributed by atoms with van der Waals surface area (Å²) in [5, 5.41) is 7.00. The van der Waals surface area contributed by atoms with Gasteiger partial charge in [-0.15, -0.1) is 24.0 Å². The zero-order valence-electron chi connectivity index (χ0n) is 15.8. The molecule has 0 unspecified atom stereocenters. The van der Waals surface area contributed by atoms with Crippen LogP contribution < -0.4 is 15.5 Å². The summed E-state index contributed by atoms with van der Waals surface area (Å²) in [6.07, 6.45) is 7.13. The van der Waals surface area contributed by atoms with Crippen LogP contribution in [0.1, 0.15) is 31.4 Å². The van der Waals surface area contributed by atoms with Gasteiger partial charge in [0.25, 0.3) is 0 Å². The minimum atomic E-state index is 0. The van der Waals surface area contributed by atoms with Gasteiger partial charge in [0, 0.05) is 53.4 Å². The average Bonchev–Trinajstić information content (AvgIpc) is 3.35. The number of nitrogens with one attached hydrogen (secondary N) is 2. The van der Waals surface area contributed by atoms with Gasteiger partial charge in [-0.25, -0.2) is 4.98 Å². The molecule has 2 N–H and O–H groups in total. The van der Waals surface area contributed by atoms with Crippen LogP contribution in [0.3, 0.4) is 0 Å². The Morgan fingerprint density at radius 3 is 2.48 bits per heavy atom. The molecule has 1 saturated carbocycles. The number of imidazole rings is 1. The molecule has 1 aromatic heterocycles. The lowest BCUT2D eigenvalue weighted by Crippen LogP contribution is -2.48. The average molecular weight is 461 g/mol. The van der Waals surface area contributed by atoms with Gasteiger partial charge in [0.1, 0.15) is 0 Å². The Balaban J connectivity index is 0.00000225. The maximum absolute atomic E-state index is 4.45. The van der Waals surface area contributed by atoms with Gasteiger partial charge < -0.3 is 25.0 Å². The van der Waals surface area contributed by atoms with E-state index in [-0.39, 0.29) is 24.0 Å². The van der Waals surface area contributed by atoms with Crippen LogP contribution in [0.2, 0.25) is 0 Å². The van der Waals surface area contributed by atoms with Gasteiger partial charge in [-0.2, -0.15) is 0 Å². The molecule has 1 saturated heterocycles. The van der Waals surface area contributed by atoms with Crippen molar-refractivity contribution in [2.45, 2.75) is 44.3 Å². The van der Waals surface area contributed by atoms with Crippen molar-refractivity contribution in [1.82, 2.24) is 25.1 Å². The van der Waals surface area contributed by atoms with Crippen LogP contribution in [0.4, 0.5) is 5.95 Å². The molecule has 1 aliphatic heterocycles. The molecule has 0 aromatic carbocycles. The zero-order valence-corrected chi connectivity index (χ0v) is 18.2. The molecule has 2 fully saturated rings.